The molecule has 3 saturated heterocycles. The van der Waals surface area contributed by atoms with Gasteiger partial charge in [0.05, 0.1) is 42.2 Å². The summed E-state index contributed by atoms with van der Waals surface area (Å²) < 4.78 is 37.3. The first kappa shape index (κ1) is 46.9. The van der Waals surface area contributed by atoms with Gasteiger partial charge in [-0.15, -0.1) is 0 Å². The number of aliphatic hydroxyl groups excluding tert-OH is 8. The molecule has 9 N–H and O–H groups in total. The highest BCUT2D eigenvalue weighted by atomic mass is 16.8. The predicted molar refractivity (Wildman–Crippen MR) is 211 cm³/mol. The van der Waals surface area contributed by atoms with Gasteiger partial charge < -0.3 is 74.4 Å². The molecule has 7 aliphatic rings. The first-order valence-corrected chi connectivity index (χ1v) is 22.3. The van der Waals surface area contributed by atoms with Crippen LogP contribution in [0.3, 0.4) is 0 Å². The number of hydrogen-bond acceptors (Lipinski definition) is 16. The van der Waals surface area contributed by atoms with Crippen molar-refractivity contribution in [1.29, 1.82) is 0 Å². The number of esters is 1. The van der Waals surface area contributed by atoms with Crippen molar-refractivity contribution in [2.45, 2.75) is 211 Å². The van der Waals surface area contributed by atoms with Gasteiger partial charge in [-0.1, -0.05) is 34.6 Å². The van der Waals surface area contributed by atoms with E-state index in [9.17, 15) is 50.8 Å². The van der Waals surface area contributed by atoms with E-state index in [1.165, 1.54) is 6.92 Å². The Kier molecular flexibility index (Phi) is 12.6. The molecule has 3 aliphatic heterocycles. The molecule has 0 amide bonds. The average Bonchev–Trinajstić information content (AvgIpc) is 3.76. The zero-order valence-electron chi connectivity index (χ0n) is 36.8. The van der Waals surface area contributed by atoms with E-state index in [-0.39, 0.29) is 29.8 Å². The summed E-state index contributed by atoms with van der Waals surface area (Å²) in [4.78, 5) is 11.9. The van der Waals surface area contributed by atoms with Crippen LogP contribution in [0.25, 0.3) is 0 Å². The largest absolute Gasteiger partial charge is 0.463 e. The van der Waals surface area contributed by atoms with Crippen LogP contribution in [0.4, 0.5) is 0 Å². The fourth-order valence-electron chi connectivity index (χ4n) is 14.3. The third kappa shape index (κ3) is 7.41. The quantitative estimate of drug-likeness (QED) is 0.115. The summed E-state index contributed by atoms with van der Waals surface area (Å²) in [7, 11) is 0. The van der Waals surface area contributed by atoms with Crippen LogP contribution in [0.1, 0.15) is 114 Å². The van der Waals surface area contributed by atoms with Crippen LogP contribution < -0.4 is 0 Å². The molecule has 0 aromatic rings. The van der Waals surface area contributed by atoms with Crippen molar-refractivity contribution in [3.8, 4) is 0 Å². The molecule has 16 heteroatoms. The maximum Gasteiger partial charge on any atom is 0.302 e. The molecule has 4 aliphatic carbocycles. The molecule has 22 atom stereocenters. The molecule has 7 rings (SSSR count). The van der Waals surface area contributed by atoms with Gasteiger partial charge in [0.15, 0.2) is 12.6 Å². The van der Waals surface area contributed by atoms with Crippen molar-refractivity contribution in [2.24, 2.45) is 45.3 Å². The molecular formula is C44H74O16. The molecule has 0 spiro atoms. The second-order valence-electron chi connectivity index (χ2n) is 21.8. The molecule has 4 saturated carbocycles. The Morgan fingerprint density at radius 3 is 2.03 bits per heavy atom. The van der Waals surface area contributed by atoms with Gasteiger partial charge in [-0.25, -0.2) is 0 Å². The summed E-state index contributed by atoms with van der Waals surface area (Å²) in [5.41, 5.74) is -3.63. The molecule has 0 aromatic heterocycles. The summed E-state index contributed by atoms with van der Waals surface area (Å²) >= 11 is 0. The first-order chi connectivity index (χ1) is 27.7. The Balaban J connectivity index is 1.27. The fraction of sp³-hybridized carbons (Fsp3) is 0.977. The van der Waals surface area contributed by atoms with E-state index in [4.69, 9.17) is 28.4 Å². The molecule has 346 valence electrons. The lowest BCUT2D eigenvalue weighted by molar-refractivity contribution is -0.383. The van der Waals surface area contributed by atoms with E-state index in [0.717, 1.165) is 25.7 Å². The molecule has 3 heterocycles. The summed E-state index contributed by atoms with van der Waals surface area (Å²) in [6.07, 6.45) is -13.1. The van der Waals surface area contributed by atoms with Crippen molar-refractivity contribution < 1.29 is 79.2 Å². The minimum atomic E-state index is -1.83. The highest BCUT2D eigenvalue weighted by molar-refractivity contribution is 5.65. The highest BCUT2D eigenvalue weighted by Crippen LogP contribution is 2.76. The predicted octanol–water partition coefficient (Wildman–Crippen LogP) is 0.902. The normalized spacial score (nSPS) is 54.2. The van der Waals surface area contributed by atoms with Gasteiger partial charge in [0.1, 0.15) is 55.4 Å². The highest BCUT2D eigenvalue weighted by Gasteiger charge is 2.74. The molecule has 0 aromatic carbocycles. The Morgan fingerprint density at radius 1 is 0.767 bits per heavy atom. The Bertz CT molecular complexity index is 1560. The summed E-state index contributed by atoms with van der Waals surface area (Å²) in [6.45, 7) is 16.6. The third-order valence-electron chi connectivity index (χ3n) is 17.7. The van der Waals surface area contributed by atoms with Gasteiger partial charge in [-0.2, -0.15) is 0 Å². The van der Waals surface area contributed by atoms with Crippen molar-refractivity contribution in [3.05, 3.63) is 0 Å². The number of carbonyl (C=O) groups excluding carboxylic acids is 1. The van der Waals surface area contributed by atoms with E-state index in [2.05, 4.69) is 27.7 Å². The molecule has 0 unspecified atom stereocenters. The lowest BCUT2D eigenvalue weighted by Crippen LogP contribution is -2.71. The molecule has 16 nitrogen and oxygen atoms in total. The van der Waals surface area contributed by atoms with E-state index in [1.807, 2.05) is 13.8 Å². The maximum atomic E-state index is 12.4. The molecule has 0 bridgehead atoms. The zero-order chi connectivity index (χ0) is 44.3. The summed E-state index contributed by atoms with van der Waals surface area (Å²) in [6, 6.07) is 0. The van der Waals surface area contributed by atoms with Crippen molar-refractivity contribution >= 4 is 5.97 Å². The Hall–Kier alpha value is -1.09. The number of rotatable bonds is 9. The maximum absolute atomic E-state index is 12.4. The van der Waals surface area contributed by atoms with Gasteiger partial charge in [0, 0.05) is 6.92 Å². The number of ether oxygens (including phenoxy) is 6. The molecule has 0 radical (unpaired) electrons. The Labute approximate surface area is 353 Å². The first-order valence-electron chi connectivity index (χ1n) is 22.3. The van der Waals surface area contributed by atoms with Crippen LogP contribution in [0, 0.1) is 45.3 Å². The third-order valence-corrected chi connectivity index (χ3v) is 17.7. The van der Waals surface area contributed by atoms with Crippen LogP contribution in [-0.4, -0.2) is 162 Å². The van der Waals surface area contributed by atoms with Gasteiger partial charge in [-0.05, 0) is 117 Å². The summed E-state index contributed by atoms with van der Waals surface area (Å²) in [5.74, 6) is -1.07. The standard InChI is InChI=1S/C44H74O16/c1-20(46)55-19-25-31(50)33(52)35(59-37-34(53)32(51)30(49)24(18-45)57-37)38(58-25)56-23-17-43(8)26(41(6)13-11-27(48)39(2,3)36(23)41)16-22(47)29-21(10-14-42(29,43)7)44(9)15-12-28(60-44)40(4,5)54/h21-38,45,47-54H,10-19H2,1-9H3/t21-,22+,23+,24+,25-,26-,27-,28+,29-,30-,31+,32+,33-,34-,35-,36+,37-,38-,41+,42-,43-,44+/m1/s1. The van der Waals surface area contributed by atoms with E-state index >= 15 is 0 Å². The Morgan fingerprint density at radius 2 is 1.42 bits per heavy atom. The summed E-state index contributed by atoms with van der Waals surface area (Å²) in [5, 5.41) is 100. The van der Waals surface area contributed by atoms with Crippen LogP contribution in [0.15, 0.2) is 0 Å². The molecule has 7 fully saturated rings. The van der Waals surface area contributed by atoms with Crippen LogP contribution in [0.2, 0.25) is 0 Å². The van der Waals surface area contributed by atoms with Crippen LogP contribution >= 0.6 is 0 Å². The van der Waals surface area contributed by atoms with E-state index < -0.39 is 132 Å². The minimum Gasteiger partial charge on any atom is -0.463 e. The number of carbonyl (C=O) groups is 1. The van der Waals surface area contributed by atoms with Crippen molar-refractivity contribution in [3.63, 3.8) is 0 Å². The topological polar surface area (TPSA) is 255 Å². The van der Waals surface area contributed by atoms with Gasteiger partial charge in [0.25, 0.3) is 0 Å². The minimum absolute atomic E-state index is 0.00983. The van der Waals surface area contributed by atoms with Gasteiger partial charge in [-0.3, -0.25) is 4.79 Å². The van der Waals surface area contributed by atoms with Gasteiger partial charge in [0.2, 0.25) is 0 Å². The number of fused-ring (bicyclic) bond motifs is 5. The molecule has 60 heavy (non-hydrogen) atoms. The fourth-order valence-corrected chi connectivity index (χ4v) is 14.3. The second kappa shape index (κ2) is 16.1. The number of aliphatic hydroxyl groups is 9. The average molecular weight is 859 g/mol. The second-order valence-corrected chi connectivity index (χ2v) is 21.8. The van der Waals surface area contributed by atoms with Gasteiger partial charge >= 0.3 is 5.97 Å². The van der Waals surface area contributed by atoms with E-state index in [1.54, 1.807) is 13.8 Å². The zero-order valence-corrected chi connectivity index (χ0v) is 36.8. The van der Waals surface area contributed by atoms with E-state index in [0.29, 0.717) is 25.7 Å². The number of hydrogen-bond donors (Lipinski definition) is 9. The van der Waals surface area contributed by atoms with Crippen molar-refractivity contribution in [1.82, 2.24) is 0 Å². The monoisotopic (exact) mass is 858 g/mol. The van der Waals surface area contributed by atoms with Crippen LogP contribution in [-0.2, 0) is 33.2 Å². The van der Waals surface area contributed by atoms with Crippen molar-refractivity contribution in [2.75, 3.05) is 13.2 Å². The van der Waals surface area contributed by atoms with Crippen LogP contribution in [0.5, 0.6) is 0 Å². The lowest BCUT2D eigenvalue weighted by Gasteiger charge is -2.72. The lowest BCUT2D eigenvalue weighted by atomic mass is 9.34. The smallest absolute Gasteiger partial charge is 0.302 e. The molecular weight excluding hydrogens is 784 g/mol. The SMILES string of the molecule is CC(=O)OC[C@H]1O[C@@H](O[C@H]2C[C@]3(C)[C@H](C[C@H](O)[C@H]4[C@H]([C@]5(C)CC[C@@H](C(C)(C)O)O5)CC[C@]43C)[C@]3(C)CC[C@@H](O)C(C)(C)[C@H]23)[C@H](O[C@H]2O[C@@H](CO)[C@@H](O)[C@H](O)[C@H]2O)[C@H](O)[C@H]1O.